The van der Waals surface area contributed by atoms with Crippen LogP contribution in [0, 0.1) is 5.92 Å². The number of rotatable bonds is 7. The van der Waals surface area contributed by atoms with Crippen LogP contribution in [0.15, 0.2) is 21.2 Å². The molecule has 1 unspecified atom stereocenters. The molecule has 0 radical (unpaired) electrons. The summed E-state index contributed by atoms with van der Waals surface area (Å²) < 4.78 is 5.58. The van der Waals surface area contributed by atoms with E-state index in [4.69, 9.17) is 4.42 Å². The molecule has 2 amide bonds. The first kappa shape index (κ1) is 16.8. The highest BCUT2D eigenvalue weighted by Gasteiger charge is 2.13. The lowest BCUT2D eigenvalue weighted by Gasteiger charge is -2.15. The molecule has 0 fully saturated rings. The largest absolute Gasteiger partial charge is 0.444 e. The van der Waals surface area contributed by atoms with Gasteiger partial charge in [-0.3, -0.25) is 9.59 Å². The Labute approximate surface area is 127 Å². The number of nitrogens with one attached hydrogen (secondary N) is 2. The van der Waals surface area contributed by atoms with E-state index >= 15 is 0 Å². The van der Waals surface area contributed by atoms with Crippen LogP contribution in [-0.2, 0) is 4.79 Å². The SMILES string of the molecule is CC(C)CCC(C)NC(=O)CNC(=O)c1ccc(Br)o1. The van der Waals surface area contributed by atoms with Crippen molar-refractivity contribution in [3.05, 3.63) is 22.6 Å². The van der Waals surface area contributed by atoms with Crippen LogP contribution in [-0.4, -0.2) is 24.4 Å². The van der Waals surface area contributed by atoms with Crippen molar-refractivity contribution in [2.45, 2.75) is 39.7 Å². The van der Waals surface area contributed by atoms with E-state index in [1.807, 2.05) is 6.92 Å². The molecule has 0 saturated carbocycles. The van der Waals surface area contributed by atoms with Crippen molar-refractivity contribution in [1.82, 2.24) is 10.6 Å². The molecule has 1 rings (SSSR count). The second-order valence-electron chi connectivity index (χ2n) is 5.23. The standard InChI is InChI=1S/C14H21BrN2O3/c1-9(2)4-5-10(3)17-13(18)8-16-14(19)11-6-7-12(15)20-11/h6-7,9-10H,4-5,8H2,1-3H3,(H,16,19)(H,17,18). The molecular weight excluding hydrogens is 324 g/mol. The summed E-state index contributed by atoms with van der Waals surface area (Å²) in [5.41, 5.74) is 0. The van der Waals surface area contributed by atoms with Gasteiger partial charge in [0.1, 0.15) is 0 Å². The van der Waals surface area contributed by atoms with Gasteiger partial charge in [0.05, 0.1) is 6.54 Å². The Bertz CT molecular complexity index is 457. The van der Waals surface area contributed by atoms with Crippen molar-refractivity contribution in [3.8, 4) is 0 Å². The zero-order valence-corrected chi connectivity index (χ0v) is 13.6. The first-order valence-electron chi connectivity index (χ1n) is 6.71. The molecule has 0 aliphatic carbocycles. The summed E-state index contributed by atoms with van der Waals surface area (Å²) in [6.07, 6.45) is 2.00. The summed E-state index contributed by atoms with van der Waals surface area (Å²) in [7, 11) is 0. The van der Waals surface area contributed by atoms with E-state index in [0.717, 1.165) is 12.8 Å². The maximum absolute atomic E-state index is 11.7. The summed E-state index contributed by atoms with van der Waals surface area (Å²) in [6, 6.07) is 3.28. The van der Waals surface area contributed by atoms with Crippen LogP contribution in [0.5, 0.6) is 0 Å². The first-order chi connectivity index (χ1) is 9.38. The molecule has 1 atom stereocenters. The third-order valence-corrected chi connectivity index (χ3v) is 3.22. The van der Waals surface area contributed by atoms with Crippen LogP contribution < -0.4 is 10.6 Å². The van der Waals surface area contributed by atoms with E-state index < -0.39 is 5.91 Å². The summed E-state index contributed by atoms with van der Waals surface area (Å²) in [5, 5.41) is 5.37. The maximum Gasteiger partial charge on any atom is 0.287 e. The first-order valence-corrected chi connectivity index (χ1v) is 7.50. The number of hydrogen-bond acceptors (Lipinski definition) is 3. The highest BCUT2D eigenvalue weighted by Crippen LogP contribution is 2.13. The van der Waals surface area contributed by atoms with Gasteiger partial charge in [-0.1, -0.05) is 13.8 Å². The number of furan rings is 1. The highest BCUT2D eigenvalue weighted by atomic mass is 79.9. The van der Waals surface area contributed by atoms with E-state index in [1.54, 1.807) is 12.1 Å². The Balaban J connectivity index is 2.27. The van der Waals surface area contributed by atoms with Crippen molar-refractivity contribution in [3.63, 3.8) is 0 Å². The molecule has 112 valence electrons. The molecule has 20 heavy (non-hydrogen) atoms. The Morgan fingerprint density at radius 3 is 2.50 bits per heavy atom. The number of carbonyl (C=O) groups is 2. The van der Waals surface area contributed by atoms with Gasteiger partial charge in [-0.15, -0.1) is 0 Å². The third-order valence-electron chi connectivity index (χ3n) is 2.79. The zero-order valence-electron chi connectivity index (χ0n) is 12.0. The van der Waals surface area contributed by atoms with Gasteiger partial charge < -0.3 is 15.1 Å². The van der Waals surface area contributed by atoms with Gasteiger partial charge >= 0.3 is 0 Å². The summed E-state index contributed by atoms with van der Waals surface area (Å²) >= 11 is 3.12. The van der Waals surface area contributed by atoms with Gasteiger partial charge in [-0.25, -0.2) is 0 Å². The van der Waals surface area contributed by atoms with E-state index in [1.165, 1.54) is 0 Å². The van der Waals surface area contributed by atoms with E-state index in [2.05, 4.69) is 40.4 Å². The predicted molar refractivity (Wildman–Crippen MR) is 80.4 cm³/mol. The second kappa shape index (κ2) is 8.09. The minimum absolute atomic E-state index is 0.0524. The lowest BCUT2D eigenvalue weighted by Crippen LogP contribution is -2.40. The normalized spacial score (nSPS) is 12.2. The topological polar surface area (TPSA) is 71.3 Å². The molecular formula is C14H21BrN2O3. The monoisotopic (exact) mass is 344 g/mol. The van der Waals surface area contributed by atoms with Crippen LogP contribution in [0.25, 0.3) is 0 Å². The maximum atomic E-state index is 11.7. The van der Waals surface area contributed by atoms with Crippen molar-refractivity contribution in [2.75, 3.05) is 6.54 Å². The highest BCUT2D eigenvalue weighted by molar-refractivity contribution is 9.10. The van der Waals surface area contributed by atoms with Gasteiger partial charge in [0.2, 0.25) is 5.91 Å². The van der Waals surface area contributed by atoms with Gasteiger partial charge in [0, 0.05) is 6.04 Å². The lowest BCUT2D eigenvalue weighted by molar-refractivity contribution is -0.120. The Hall–Kier alpha value is -1.30. The van der Waals surface area contributed by atoms with E-state index in [0.29, 0.717) is 10.6 Å². The molecule has 6 heteroatoms. The number of amides is 2. The average molecular weight is 345 g/mol. The van der Waals surface area contributed by atoms with Crippen LogP contribution >= 0.6 is 15.9 Å². The molecule has 0 bridgehead atoms. The second-order valence-corrected chi connectivity index (χ2v) is 6.01. The minimum atomic E-state index is -0.402. The molecule has 0 aromatic carbocycles. The molecule has 0 aliphatic rings. The molecule has 2 N–H and O–H groups in total. The minimum Gasteiger partial charge on any atom is -0.444 e. The average Bonchev–Trinajstić information content (AvgIpc) is 2.80. The van der Waals surface area contributed by atoms with Crippen LogP contribution in [0.3, 0.4) is 0 Å². The fourth-order valence-corrected chi connectivity index (χ4v) is 1.97. The number of carbonyl (C=O) groups excluding carboxylic acids is 2. The quantitative estimate of drug-likeness (QED) is 0.798. The molecule has 1 aromatic rings. The summed E-state index contributed by atoms with van der Waals surface area (Å²) in [4.78, 5) is 23.3. The molecule has 0 saturated heterocycles. The van der Waals surface area contributed by atoms with E-state index in [9.17, 15) is 9.59 Å². The van der Waals surface area contributed by atoms with Crippen molar-refractivity contribution < 1.29 is 14.0 Å². The van der Waals surface area contributed by atoms with Crippen LogP contribution in [0.4, 0.5) is 0 Å². The summed E-state index contributed by atoms with van der Waals surface area (Å²) in [5.74, 6) is 0.199. The number of hydrogen-bond donors (Lipinski definition) is 2. The van der Waals surface area contributed by atoms with Crippen molar-refractivity contribution in [1.29, 1.82) is 0 Å². The zero-order chi connectivity index (χ0) is 15.1. The Morgan fingerprint density at radius 1 is 1.25 bits per heavy atom. The van der Waals surface area contributed by atoms with Crippen LogP contribution in [0.2, 0.25) is 0 Å². The Kier molecular flexibility index (Phi) is 6.78. The van der Waals surface area contributed by atoms with E-state index in [-0.39, 0.29) is 24.3 Å². The third kappa shape index (κ3) is 6.23. The van der Waals surface area contributed by atoms with Gasteiger partial charge in [0.15, 0.2) is 10.4 Å². The molecule has 5 nitrogen and oxygen atoms in total. The fourth-order valence-electron chi connectivity index (χ4n) is 1.67. The Morgan fingerprint density at radius 2 is 1.95 bits per heavy atom. The van der Waals surface area contributed by atoms with Crippen molar-refractivity contribution >= 4 is 27.7 Å². The molecule has 1 aromatic heterocycles. The number of halogens is 1. The fraction of sp³-hybridized carbons (Fsp3) is 0.571. The molecule has 0 aliphatic heterocycles. The molecule has 0 spiro atoms. The van der Waals surface area contributed by atoms with Gasteiger partial charge in [-0.2, -0.15) is 0 Å². The molecule has 1 heterocycles. The smallest absolute Gasteiger partial charge is 0.287 e. The lowest BCUT2D eigenvalue weighted by atomic mass is 10.0. The summed E-state index contributed by atoms with van der Waals surface area (Å²) in [6.45, 7) is 6.21. The van der Waals surface area contributed by atoms with Gasteiger partial charge in [0.25, 0.3) is 5.91 Å². The van der Waals surface area contributed by atoms with Crippen LogP contribution in [0.1, 0.15) is 44.2 Å². The predicted octanol–water partition coefficient (Wildman–Crippen LogP) is 2.71. The van der Waals surface area contributed by atoms with Gasteiger partial charge in [-0.05, 0) is 53.7 Å². The van der Waals surface area contributed by atoms with Crippen molar-refractivity contribution in [2.24, 2.45) is 5.92 Å².